The lowest BCUT2D eigenvalue weighted by atomic mass is 10.2. The van der Waals surface area contributed by atoms with Crippen LogP contribution in [0.1, 0.15) is 0 Å². The molecule has 0 atom stereocenters. The largest absolute Gasteiger partial charge is 0.377 e. The summed E-state index contributed by atoms with van der Waals surface area (Å²) in [7, 11) is 0. The van der Waals surface area contributed by atoms with Gasteiger partial charge in [-0.15, -0.1) is 11.3 Å². The third-order valence-electron chi connectivity index (χ3n) is 2.00. The number of rotatable bonds is 2. The van der Waals surface area contributed by atoms with Crippen LogP contribution in [0.15, 0.2) is 28.4 Å². The first kappa shape index (κ1) is 10.4. The minimum Gasteiger partial charge on any atom is -0.377 e. The first-order chi connectivity index (χ1) is 7.22. The molecule has 3 nitrogen and oxygen atoms in total. The molecule has 0 fully saturated rings. The molecule has 2 rings (SSSR count). The molecule has 1 aromatic heterocycles. The number of nitrogens with one attached hydrogen (secondary N) is 1. The molecule has 15 heavy (non-hydrogen) atoms. The number of halogens is 1. The van der Waals surface area contributed by atoms with Crippen molar-refractivity contribution in [3.05, 3.63) is 38.8 Å². The van der Waals surface area contributed by atoms with E-state index in [0.29, 0.717) is 16.1 Å². The van der Waals surface area contributed by atoms with Crippen molar-refractivity contribution in [3.63, 3.8) is 0 Å². The van der Waals surface area contributed by atoms with Crippen LogP contribution >= 0.6 is 22.9 Å². The van der Waals surface area contributed by atoms with E-state index < -0.39 is 0 Å². The van der Waals surface area contributed by atoms with Crippen molar-refractivity contribution in [3.8, 4) is 0 Å². The Balaban J connectivity index is 2.71. The van der Waals surface area contributed by atoms with Crippen molar-refractivity contribution in [1.82, 2.24) is 0 Å². The molecular weight excluding hydrogens is 234 g/mol. The van der Waals surface area contributed by atoms with Crippen LogP contribution in [0.5, 0.6) is 0 Å². The lowest BCUT2D eigenvalue weighted by Crippen LogP contribution is -2.11. The molecule has 78 valence electrons. The number of hydrogen-bond donors (Lipinski definition) is 2. The number of benzene rings is 1. The molecule has 0 aliphatic heterocycles. The molecule has 0 aliphatic rings. The van der Waals surface area contributed by atoms with Gasteiger partial charge < -0.3 is 10.4 Å². The maximum atomic E-state index is 11.8. The lowest BCUT2D eigenvalue weighted by molar-refractivity contribution is 0.325. The number of aliphatic hydroxyl groups excluding tert-OH is 1. The predicted octanol–water partition coefficient (Wildman–Crippen LogP) is 2.28. The van der Waals surface area contributed by atoms with E-state index in [9.17, 15) is 4.79 Å². The lowest BCUT2D eigenvalue weighted by Gasteiger charge is -2.02. The van der Waals surface area contributed by atoms with E-state index >= 15 is 0 Å². The van der Waals surface area contributed by atoms with Gasteiger partial charge in [0.05, 0.1) is 5.69 Å². The fraction of sp³-hybridized carbons (Fsp3) is 0.100. The third kappa shape index (κ3) is 1.97. The van der Waals surface area contributed by atoms with Crippen LogP contribution in [-0.2, 0) is 0 Å². The van der Waals surface area contributed by atoms with Gasteiger partial charge in [0.2, 0.25) is 5.43 Å². The van der Waals surface area contributed by atoms with E-state index in [1.54, 1.807) is 17.5 Å². The second kappa shape index (κ2) is 4.18. The fourth-order valence-electron chi connectivity index (χ4n) is 1.31. The van der Waals surface area contributed by atoms with Gasteiger partial charge in [-0.1, -0.05) is 11.6 Å². The average Bonchev–Trinajstić information content (AvgIpc) is 2.23. The average molecular weight is 242 g/mol. The Morgan fingerprint density at radius 3 is 3.00 bits per heavy atom. The topological polar surface area (TPSA) is 49.3 Å². The Morgan fingerprint density at radius 1 is 1.47 bits per heavy atom. The molecule has 2 aromatic rings. The first-order valence-electron chi connectivity index (χ1n) is 4.28. The van der Waals surface area contributed by atoms with E-state index in [1.807, 2.05) is 6.07 Å². The van der Waals surface area contributed by atoms with E-state index in [2.05, 4.69) is 5.32 Å². The SMILES string of the molecule is O=c1c(NCO)csc2ccc(Cl)cc12. The van der Waals surface area contributed by atoms with Gasteiger partial charge in [-0.25, -0.2) is 0 Å². The fourth-order valence-corrected chi connectivity index (χ4v) is 2.34. The second-order valence-electron chi connectivity index (χ2n) is 2.95. The van der Waals surface area contributed by atoms with Crippen LogP contribution in [0.4, 0.5) is 5.69 Å². The molecule has 0 aliphatic carbocycles. The summed E-state index contributed by atoms with van der Waals surface area (Å²) in [6, 6.07) is 5.20. The maximum absolute atomic E-state index is 11.8. The monoisotopic (exact) mass is 241 g/mol. The Labute approximate surface area is 94.9 Å². The molecular formula is C10H8ClNO2S. The van der Waals surface area contributed by atoms with Crippen LogP contribution in [0.2, 0.25) is 5.02 Å². The van der Waals surface area contributed by atoms with E-state index in [4.69, 9.17) is 16.7 Å². The zero-order valence-corrected chi connectivity index (χ0v) is 9.23. The molecule has 0 saturated carbocycles. The molecule has 0 radical (unpaired) electrons. The van der Waals surface area contributed by atoms with Gasteiger partial charge in [0.15, 0.2) is 0 Å². The molecule has 0 amide bonds. The van der Waals surface area contributed by atoms with Crippen LogP contribution in [0.3, 0.4) is 0 Å². The molecule has 0 saturated heterocycles. The Hall–Kier alpha value is -1.10. The van der Waals surface area contributed by atoms with Crippen LogP contribution < -0.4 is 10.7 Å². The van der Waals surface area contributed by atoms with Gasteiger partial charge in [-0.2, -0.15) is 0 Å². The summed E-state index contributed by atoms with van der Waals surface area (Å²) in [6.07, 6.45) is 0. The molecule has 1 heterocycles. The van der Waals surface area contributed by atoms with E-state index in [-0.39, 0.29) is 12.2 Å². The maximum Gasteiger partial charge on any atom is 0.211 e. The van der Waals surface area contributed by atoms with Crippen LogP contribution in [0, 0.1) is 0 Å². The standard InChI is InChI=1S/C10H8ClNO2S/c11-6-1-2-9-7(3-6)10(14)8(4-15-9)12-5-13/h1-4,12-13H,5H2. The van der Waals surface area contributed by atoms with Gasteiger partial charge in [0.1, 0.15) is 6.73 Å². The van der Waals surface area contributed by atoms with Gasteiger partial charge in [-0.3, -0.25) is 4.79 Å². The normalized spacial score (nSPS) is 10.5. The van der Waals surface area contributed by atoms with Crippen LogP contribution in [0.25, 0.3) is 10.1 Å². The molecule has 0 spiro atoms. The number of hydrogen-bond acceptors (Lipinski definition) is 4. The van der Waals surface area contributed by atoms with Gasteiger partial charge in [-0.05, 0) is 18.2 Å². The third-order valence-corrected chi connectivity index (χ3v) is 3.20. The molecule has 1 aromatic carbocycles. The quantitative estimate of drug-likeness (QED) is 0.793. The minimum atomic E-state index is -0.256. The van der Waals surface area contributed by atoms with Gasteiger partial charge >= 0.3 is 0 Å². The van der Waals surface area contributed by atoms with Crippen molar-refractivity contribution in [2.45, 2.75) is 0 Å². The highest BCUT2D eigenvalue weighted by Gasteiger charge is 2.04. The summed E-state index contributed by atoms with van der Waals surface area (Å²) < 4.78 is 0.882. The predicted molar refractivity (Wildman–Crippen MR) is 63.8 cm³/mol. The summed E-state index contributed by atoms with van der Waals surface area (Å²) in [5, 5.41) is 14.1. The highest BCUT2D eigenvalue weighted by molar-refractivity contribution is 7.16. The second-order valence-corrected chi connectivity index (χ2v) is 4.30. The van der Waals surface area contributed by atoms with Crippen LogP contribution in [-0.4, -0.2) is 11.8 Å². The van der Waals surface area contributed by atoms with E-state index in [1.165, 1.54) is 11.3 Å². The summed E-state index contributed by atoms with van der Waals surface area (Å²) in [6.45, 7) is -0.256. The first-order valence-corrected chi connectivity index (χ1v) is 5.54. The Morgan fingerprint density at radius 2 is 2.27 bits per heavy atom. The highest BCUT2D eigenvalue weighted by Crippen LogP contribution is 2.22. The summed E-state index contributed by atoms with van der Waals surface area (Å²) in [4.78, 5) is 11.8. The molecule has 5 heteroatoms. The summed E-state index contributed by atoms with van der Waals surface area (Å²) in [5.74, 6) is 0. The summed E-state index contributed by atoms with van der Waals surface area (Å²) >= 11 is 7.25. The Kier molecular flexibility index (Phi) is 2.90. The Bertz CT molecular complexity index is 553. The van der Waals surface area contributed by atoms with Crippen molar-refractivity contribution in [2.75, 3.05) is 12.0 Å². The van der Waals surface area contributed by atoms with Crippen molar-refractivity contribution < 1.29 is 5.11 Å². The van der Waals surface area contributed by atoms with Crippen molar-refractivity contribution in [2.24, 2.45) is 0 Å². The number of aliphatic hydroxyl groups is 1. The number of fused-ring (bicyclic) bond motifs is 1. The van der Waals surface area contributed by atoms with Crippen molar-refractivity contribution in [1.29, 1.82) is 0 Å². The zero-order valence-electron chi connectivity index (χ0n) is 7.66. The van der Waals surface area contributed by atoms with E-state index in [0.717, 1.165) is 4.70 Å². The summed E-state index contributed by atoms with van der Waals surface area (Å²) in [5.41, 5.74) is 0.262. The zero-order chi connectivity index (χ0) is 10.8. The number of anilines is 1. The van der Waals surface area contributed by atoms with Crippen molar-refractivity contribution >= 4 is 38.7 Å². The molecule has 2 N–H and O–H groups in total. The molecule has 0 bridgehead atoms. The van der Waals surface area contributed by atoms with Gasteiger partial charge in [0.25, 0.3) is 0 Å². The minimum absolute atomic E-state index is 0.139. The van der Waals surface area contributed by atoms with Gasteiger partial charge in [0, 0.05) is 20.5 Å². The smallest absolute Gasteiger partial charge is 0.211 e. The highest BCUT2D eigenvalue weighted by atomic mass is 35.5. The molecule has 0 unspecified atom stereocenters.